The van der Waals surface area contributed by atoms with Gasteiger partial charge in [0, 0.05) is 9.92 Å². The molecular formula is C8H4Cl2N2S2. The van der Waals surface area contributed by atoms with Gasteiger partial charge >= 0.3 is 0 Å². The Labute approximate surface area is 99.6 Å². The number of rotatable bonds is 2. The summed E-state index contributed by atoms with van der Waals surface area (Å²) >= 11 is 14.2. The Bertz CT molecular complexity index is 427. The van der Waals surface area contributed by atoms with Gasteiger partial charge < -0.3 is 0 Å². The molecule has 0 spiro atoms. The second kappa shape index (κ2) is 4.49. The molecule has 0 amide bonds. The summed E-state index contributed by atoms with van der Waals surface area (Å²) in [6, 6.07) is 7.50. The molecule has 1 aromatic carbocycles. The van der Waals surface area contributed by atoms with Crippen molar-refractivity contribution in [3.8, 4) is 0 Å². The first-order valence-corrected chi connectivity index (χ1v) is 5.97. The zero-order valence-corrected chi connectivity index (χ0v) is 9.92. The molecule has 0 fully saturated rings. The van der Waals surface area contributed by atoms with Gasteiger partial charge in [-0.1, -0.05) is 35.0 Å². The Morgan fingerprint density at radius 1 is 1.07 bits per heavy atom. The van der Waals surface area contributed by atoms with Crippen LogP contribution in [-0.2, 0) is 0 Å². The quantitative estimate of drug-likeness (QED) is 0.819. The predicted octanol–water partition coefficient (Wildman–Crippen LogP) is 4.00. The van der Waals surface area contributed by atoms with Gasteiger partial charge in [-0.3, -0.25) is 0 Å². The lowest BCUT2D eigenvalue weighted by molar-refractivity contribution is 1.25. The molecule has 0 aliphatic rings. The molecule has 0 radical (unpaired) electrons. The van der Waals surface area contributed by atoms with E-state index in [0.29, 0.717) is 5.15 Å². The normalized spacial score (nSPS) is 10.4. The highest BCUT2D eigenvalue weighted by Crippen LogP contribution is 2.31. The van der Waals surface area contributed by atoms with Crippen molar-refractivity contribution in [2.75, 3.05) is 0 Å². The van der Waals surface area contributed by atoms with Gasteiger partial charge in [0.25, 0.3) is 0 Å². The number of aromatic nitrogens is 2. The van der Waals surface area contributed by atoms with Gasteiger partial charge in [-0.25, -0.2) is 0 Å². The van der Waals surface area contributed by atoms with E-state index in [0.717, 1.165) is 26.7 Å². The van der Waals surface area contributed by atoms with E-state index in [1.807, 2.05) is 24.3 Å². The van der Waals surface area contributed by atoms with Gasteiger partial charge in [-0.05, 0) is 24.3 Å². The van der Waals surface area contributed by atoms with E-state index >= 15 is 0 Å². The fraction of sp³-hybridized carbons (Fsp3) is 0. The Kier molecular flexibility index (Phi) is 3.28. The van der Waals surface area contributed by atoms with Crippen molar-refractivity contribution >= 4 is 46.7 Å². The van der Waals surface area contributed by atoms with Crippen LogP contribution in [0.4, 0.5) is 0 Å². The molecule has 72 valence electrons. The predicted molar refractivity (Wildman–Crippen MR) is 60.5 cm³/mol. The van der Waals surface area contributed by atoms with Gasteiger partial charge in [-0.2, -0.15) is 8.75 Å². The Morgan fingerprint density at radius 3 is 2.36 bits per heavy atom. The zero-order valence-electron chi connectivity index (χ0n) is 6.78. The number of benzene rings is 1. The highest BCUT2D eigenvalue weighted by Gasteiger charge is 2.06. The van der Waals surface area contributed by atoms with E-state index in [4.69, 9.17) is 23.2 Å². The van der Waals surface area contributed by atoms with Crippen LogP contribution >= 0.6 is 46.7 Å². The van der Waals surface area contributed by atoms with Crippen molar-refractivity contribution in [3.63, 3.8) is 0 Å². The van der Waals surface area contributed by atoms with Crippen molar-refractivity contribution in [2.24, 2.45) is 0 Å². The maximum absolute atomic E-state index is 5.81. The van der Waals surface area contributed by atoms with Crippen molar-refractivity contribution in [1.29, 1.82) is 0 Å². The molecule has 6 heteroatoms. The minimum absolute atomic E-state index is 0.454. The largest absolute Gasteiger partial charge is 0.177 e. The lowest BCUT2D eigenvalue weighted by Crippen LogP contribution is -1.73. The van der Waals surface area contributed by atoms with E-state index in [1.165, 1.54) is 11.8 Å². The van der Waals surface area contributed by atoms with Crippen LogP contribution in [0.2, 0.25) is 10.2 Å². The molecule has 1 aromatic heterocycles. The van der Waals surface area contributed by atoms with Crippen molar-refractivity contribution in [2.45, 2.75) is 9.92 Å². The summed E-state index contributed by atoms with van der Waals surface area (Å²) in [5, 5.41) is 1.91. The van der Waals surface area contributed by atoms with E-state index < -0.39 is 0 Å². The molecule has 0 N–H and O–H groups in total. The molecule has 0 saturated carbocycles. The Hall–Kier alpha value is -0.290. The van der Waals surface area contributed by atoms with Gasteiger partial charge in [0.15, 0.2) is 10.2 Å². The van der Waals surface area contributed by atoms with Crippen LogP contribution in [0.5, 0.6) is 0 Å². The molecular weight excluding hydrogens is 259 g/mol. The van der Waals surface area contributed by atoms with E-state index in [9.17, 15) is 0 Å². The summed E-state index contributed by atoms with van der Waals surface area (Å²) in [6.45, 7) is 0. The van der Waals surface area contributed by atoms with Gasteiger partial charge in [0.1, 0.15) is 0 Å². The summed E-state index contributed by atoms with van der Waals surface area (Å²) < 4.78 is 7.94. The molecule has 14 heavy (non-hydrogen) atoms. The molecule has 0 aliphatic carbocycles. The maximum atomic E-state index is 5.81. The fourth-order valence-corrected chi connectivity index (χ4v) is 2.56. The number of nitrogens with zero attached hydrogens (tertiary/aromatic N) is 2. The molecule has 1 heterocycles. The zero-order chi connectivity index (χ0) is 9.97. The fourth-order valence-electron chi connectivity index (χ4n) is 0.845. The molecule has 2 aromatic rings. The highest BCUT2D eigenvalue weighted by molar-refractivity contribution is 7.99. The van der Waals surface area contributed by atoms with Crippen LogP contribution in [-0.4, -0.2) is 8.75 Å². The molecule has 0 saturated heterocycles. The third-order valence-electron chi connectivity index (χ3n) is 1.45. The molecule has 2 rings (SSSR count). The number of hydrogen-bond donors (Lipinski definition) is 0. The topological polar surface area (TPSA) is 25.8 Å². The van der Waals surface area contributed by atoms with Crippen LogP contribution in [0.3, 0.4) is 0 Å². The second-order valence-corrected chi connectivity index (χ2v) is 4.80. The van der Waals surface area contributed by atoms with Crippen LogP contribution in [0.25, 0.3) is 0 Å². The van der Waals surface area contributed by atoms with Gasteiger partial charge in [0.2, 0.25) is 0 Å². The maximum Gasteiger partial charge on any atom is 0.177 e. The molecule has 2 nitrogen and oxygen atoms in total. The summed E-state index contributed by atoms with van der Waals surface area (Å²) in [5.41, 5.74) is 0. The number of hydrogen-bond acceptors (Lipinski definition) is 4. The van der Waals surface area contributed by atoms with Crippen molar-refractivity contribution < 1.29 is 0 Å². The van der Waals surface area contributed by atoms with Gasteiger partial charge in [-0.15, -0.1) is 0 Å². The van der Waals surface area contributed by atoms with Crippen molar-refractivity contribution in [3.05, 3.63) is 34.4 Å². The lowest BCUT2D eigenvalue weighted by atomic mass is 10.4. The average Bonchev–Trinajstić information content (AvgIpc) is 2.56. The monoisotopic (exact) mass is 262 g/mol. The molecule has 0 aliphatic heterocycles. The minimum Gasteiger partial charge on any atom is -0.164 e. The van der Waals surface area contributed by atoms with E-state index in [1.54, 1.807) is 0 Å². The third-order valence-corrected chi connectivity index (χ3v) is 3.81. The lowest BCUT2D eigenvalue weighted by Gasteiger charge is -1.97. The van der Waals surface area contributed by atoms with E-state index in [2.05, 4.69) is 8.75 Å². The van der Waals surface area contributed by atoms with Crippen LogP contribution in [0.1, 0.15) is 0 Å². The van der Waals surface area contributed by atoms with Crippen LogP contribution in [0, 0.1) is 0 Å². The number of halogens is 2. The van der Waals surface area contributed by atoms with Crippen LogP contribution < -0.4 is 0 Å². The van der Waals surface area contributed by atoms with Crippen LogP contribution in [0.15, 0.2) is 34.2 Å². The second-order valence-electron chi connectivity index (χ2n) is 2.42. The first kappa shape index (κ1) is 10.2. The standard InChI is InChI=1S/C8H4Cl2N2S2/c9-5-1-3-6(4-2-5)13-8-7(10)11-14-12-8/h1-4H. The van der Waals surface area contributed by atoms with E-state index in [-0.39, 0.29) is 0 Å². The minimum atomic E-state index is 0.454. The first-order valence-electron chi connectivity index (χ1n) is 3.67. The smallest absolute Gasteiger partial charge is 0.164 e. The third kappa shape index (κ3) is 2.39. The van der Waals surface area contributed by atoms with Gasteiger partial charge in [0.05, 0.1) is 11.7 Å². The summed E-state index contributed by atoms with van der Waals surface area (Å²) in [5.74, 6) is 0. The molecule has 0 atom stereocenters. The summed E-state index contributed by atoms with van der Waals surface area (Å²) in [7, 11) is 0. The Morgan fingerprint density at radius 2 is 1.79 bits per heavy atom. The average molecular weight is 263 g/mol. The summed E-state index contributed by atoms with van der Waals surface area (Å²) in [6.07, 6.45) is 0. The SMILES string of the molecule is Clc1ccc(Sc2nsnc2Cl)cc1. The molecule has 0 bridgehead atoms. The first-order chi connectivity index (χ1) is 6.75. The Balaban J connectivity index is 2.19. The summed E-state index contributed by atoms with van der Waals surface area (Å²) in [4.78, 5) is 1.05. The highest BCUT2D eigenvalue weighted by atomic mass is 35.5. The van der Waals surface area contributed by atoms with Crippen molar-refractivity contribution in [1.82, 2.24) is 8.75 Å². The molecule has 0 unspecified atom stereocenters.